The van der Waals surface area contributed by atoms with Crippen LogP contribution in [0.3, 0.4) is 0 Å². The summed E-state index contributed by atoms with van der Waals surface area (Å²) < 4.78 is 26.6. The lowest BCUT2D eigenvalue weighted by Crippen LogP contribution is -2.39. The van der Waals surface area contributed by atoms with Crippen molar-refractivity contribution in [3.63, 3.8) is 0 Å². The van der Waals surface area contributed by atoms with Gasteiger partial charge < -0.3 is 10.2 Å². The molecule has 0 aliphatic carbocycles. The lowest BCUT2D eigenvalue weighted by atomic mass is 9.91. The zero-order valence-electron chi connectivity index (χ0n) is 17.8. The maximum absolute atomic E-state index is 12.8. The summed E-state index contributed by atoms with van der Waals surface area (Å²) in [6, 6.07) is 9.91. The normalized spacial score (nSPS) is 15.7. The molecule has 0 saturated carbocycles. The topological polar surface area (TPSA) is 86.8 Å². The monoisotopic (exact) mass is 441 g/mol. The summed E-state index contributed by atoms with van der Waals surface area (Å²) >= 11 is 0. The molecule has 2 aromatic rings. The SMILES string of the molecule is CCN(CC)S(=O)(=O)c1ccc(C(=O)Nc2cc3c4c(c2)CCC(=O)N4CCC3)cc1. The molecule has 31 heavy (non-hydrogen) atoms. The van der Waals surface area contributed by atoms with Crippen LogP contribution in [0.25, 0.3) is 0 Å². The van der Waals surface area contributed by atoms with Crippen LogP contribution in [0, 0.1) is 0 Å². The van der Waals surface area contributed by atoms with Crippen LogP contribution in [0.4, 0.5) is 11.4 Å². The summed E-state index contributed by atoms with van der Waals surface area (Å²) in [4.78, 5) is 27.0. The highest BCUT2D eigenvalue weighted by molar-refractivity contribution is 7.89. The highest BCUT2D eigenvalue weighted by atomic mass is 32.2. The fourth-order valence-electron chi connectivity index (χ4n) is 4.42. The number of aryl methyl sites for hydroxylation is 2. The molecule has 0 atom stereocenters. The first kappa shape index (κ1) is 21.5. The van der Waals surface area contributed by atoms with Crippen molar-refractivity contribution < 1.29 is 18.0 Å². The lowest BCUT2D eigenvalue weighted by molar-refractivity contribution is -0.119. The molecule has 2 aliphatic heterocycles. The van der Waals surface area contributed by atoms with Crippen LogP contribution in [0.1, 0.15) is 48.2 Å². The average Bonchev–Trinajstić information content (AvgIpc) is 2.77. The number of benzene rings is 2. The van der Waals surface area contributed by atoms with E-state index < -0.39 is 10.0 Å². The molecule has 0 aromatic heterocycles. The largest absolute Gasteiger partial charge is 0.322 e. The molecule has 0 spiro atoms. The van der Waals surface area contributed by atoms with Gasteiger partial charge in [-0.2, -0.15) is 4.31 Å². The maximum atomic E-state index is 12.8. The molecular formula is C23H27N3O4S. The molecule has 2 amide bonds. The van der Waals surface area contributed by atoms with Crippen LogP contribution >= 0.6 is 0 Å². The predicted molar refractivity (Wildman–Crippen MR) is 120 cm³/mol. The van der Waals surface area contributed by atoms with Crippen molar-refractivity contribution in [3.05, 3.63) is 53.1 Å². The molecule has 0 bridgehead atoms. The number of hydrogen-bond donors (Lipinski definition) is 1. The van der Waals surface area contributed by atoms with E-state index in [9.17, 15) is 18.0 Å². The summed E-state index contributed by atoms with van der Waals surface area (Å²) in [5, 5.41) is 2.93. The van der Waals surface area contributed by atoms with Crippen molar-refractivity contribution in [3.8, 4) is 0 Å². The Bertz CT molecular complexity index is 1110. The zero-order valence-corrected chi connectivity index (χ0v) is 18.7. The third-order valence-corrected chi connectivity index (χ3v) is 8.06. The lowest BCUT2D eigenvalue weighted by Gasteiger charge is -2.35. The van der Waals surface area contributed by atoms with Crippen LogP contribution < -0.4 is 10.2 Å². The molecule has 2 aromatic carbocycles. The van der Waals surface area contributed by atoms with Crippen molar-refractivity contribution in [1.29, 1.82) is 0 Å². The second-order valence-electron chi connectivity index (χ2n) is 7.86. The van der Waals surface area contributed by atoms with Crippen LogP contribution in [0.5, 0.6) is 0 Å². The van der Waals surface area contributed by atoms with E-state index in [1.807, 2.05) is 17.0 Å². The standard InChI is InChI=1S/C23H27N3O4S/c1-3-25(4-2)31(29,30)20-10-7-16(8-11-20)23(28)24-19-14-17-6-5-13-26-21(27)12-9-18(15-19)22(17)26/h7-8,10-11,14-15H,3-6,9,12-13H2,1-2H3,(H,24,28). The first-order valence-corrected chi connectivity index (χ1v) is 12.2. The van der Waals surface area contributed by atoms with Gasteiger partial charge in [-0.3, -0.25) is 9.59 Å². The summed E-state index contributed by atoms with van der Waals surface area (Å²) in [5.41, 5.74) is 4.29. The Morgan fingerprint density at radius 2 is 1.68 bits per heavy atom. The van der Waals surface area contributed by atoms with Gasteiger partial charge in [-0.05, 0) is 66.8 Å². The fraction of sp³-hybridized carbons (Fsp3) is 0.391. The number of amides is 2. The van der Waals surface area contributed by atoms with E-state index in [4.69, 9.17) is 0 Å². The minimum absolute atomic E-state index is 0.171. The van der Waals surface area contributed by atoms with Gasteiger partial charge in [0.05, 0.1) is 10.6 Å². The van der Waals surface area contributed by atoms with E-state index in [-0.39, 0.29) is 16.7 Å². The molecule has 1 N–H and O–H groups in total. The molecule has 164 valence electrons. The quantitative estimate of drug-likeness (QED) is 0.746. The zero-order chi connectivity index (χ0) is 22.2. The average molecular weight is 442 g/mol. The fourth-order valence-corrected chi connectivity index (χ4v) is 5.88. The minimum atomic E-state index is -3.56. The second kappa shape index (κ2) is 8.43. The number of rotatable bonds is 6. The van der Waals surface area contributed by atoms with E-state index in [2.05, 4.69) is 5.32 Å². The van der Waals surface area contributed by atoms with Gasteiger partial charge in [0.15, 0.2) is 0 Å². The Balaban J connectivity index is 1.55. The van der Waals surface area contributed by atoms with Crippen molar-refractivity contribution >= 4 is 33.2 Å². The highest BCUT2D eigenvalue weighted by Gasteiger charge is 2.30. The van der Waals surface area contributed by atoms with E-state index in [1.165, 1.54) is 28.6 Å². The Morgan fingerprint density at radius 1 is 1.03 bits per heavy atom. The number of carbonyl (C=O) groups is 2. The van der Waals surface area contributed by atoms with Gasteiger partial charge in [-0.25, -0.2) is 8.42 Å². The third-order valence-electron chi connectivity index (χ3n) is 5.99. The van der Waals surface area contributed by atoms with Crippen LogP contribution in [-0.4, -0.2) is 44.2 Å². The number of anilines is 2. The number of nitrogens with one attached hydrogen (secondary N) is 1. The maximum Gasteiger partial charge on any atom is 0.255 e. The number of sulfonamides is 1. The van der Waals surface area contributed by atoms with Crippen molar-refractivity contribution in [1.82, 2.24) is 4.31 Å². The molecule has 0 radical (unpaired) electrons. The van der Waals surface area contributed by atoms with Gasteiger partial charge >= 0.3 is 0 Å². The van der Waals surface area contributed by atoms with Crippen molar-refractivity contribution in [2.24, 2.45) is 0 Å². The predicted octanol–water partition coefficient (Wildman–Crippen LogP) is 3.19. The van der Waals surface area contributed by atoms with Gasteiger partial charge in [0, 0.05) is 37.3 Å². The second-order valence-corrected chi connectivity index (χ2v) is 9.80. The van der Waals surface area contributed by atoms with Gasteiger partial charge in [0.1, 0.15) is 0 Å². The molecule has 8 heteroatoms. The van der Waals surface area contributed by atoms with Crippen LogP contribution in [-0.2, 0) is 27.7 Å². The first-order chi connectivity index (χ1) is 14.8. The number of carbonyl (C=O) groups excluding carboxylic acids is 2. The molecule has 0 saturated heterocycles. The van der Waals surface area contributed by atoms with Gasteiger partial charge in [-0.1, -0.05) is 13.8 Å². The summed E-state index contributed by atoms with van der Waals surface area (Å²) in [6.45, 7) is 5.14. The Labute approximate surface area is 183 Å². The molecule has 4 rings (SSSR count). The van der Waals surface area contributed by atoms with Crippen molar-refractivity contribution in [2.45, 2.75) is 44.4 Å². The Kier molecular flexibility index (Phi) is 5.85. The van der Waals surface area contributed by atoms with Crippen LogP contribution in [0.2, 0.25) is 0 Å². The summed E-state index contributed by atoms with van der Waals surface area (Å²) in [5.74, 6) is -0.122. The molecule has 2 heterocycles. The van der Waals surface area contributed by atoms with Gasteiger partial charge in [0.25, 0.3) is 5.91 Å². The minimum Gasteiger partial charge on any atom is -0.322 e. The van der Waals surface area contributed by atoms with E-state index in [0.717, 1.165) is 36.2 Å². The smallest absolute Gasteiger partial charge is 0.255 e. The molecule has 7 nitrogen and oxygen atoms in total. The van der Waals surface area contributed by atoms with Crippen molar-refractivity contribution in [2.75, 3.05) is 29.9 Å². The molecule has 0 unspecified atom stereocenters. The van der Waals surface area contributed by atoms with E-state index in [0.29, 0.717) is 37.2 Å². The molecule has 0 fully saturated rings. The molecular weight excluding hydrogens is 414 g/mol. The first-order valence-electron chi connectivity index (χ1n) is 10.7. The molecule has 2 aliphatic rings. The number of nitrogens with zero attached hydrogens (tertiary/aromatic N) is 2. The van der Waals surface area contributed by atoms with E-state index >= 15 is 0 Å². The third kappa shape index (κ3) is 3.97. The Hall–Kier alpha value is -2.71. The van der Waals surface area contributed by atoms with Gasteiger partial charge in [0.2, 0.25) is 15.9 Å². The summed E-state index contributed by atoms with van der Waals surface area (Å²) in [6.07, 6.45) is 2.97. The Morgan fingerprint density at radius 3 is 2.32 bits per heavy atom. The highest BCUT2D eigenvalue weighted by Crippen LogP contribution is 2.38. The van der Waals surface area contributed by atoms with E-state index in [1.54, 1.807) is 13.8 Å². The number of hydrogen-bond acceptors (Lipinski definition) is 4. The summed E-state index contributed by atoms with van der Waals surface area (Å²) in [7, 11) is -3.56. The van der Waals surface area contributed by atoms with Gasteiger partial charge in [-0.15, -0.1) is 0 Å². The van der Waals surface area contributed by atoms with Crippen LogP contribution in [0.15, 0.2) is 41.3 Å².